The van der Waals surface area contributed by atoms with Gasteiger partial charge in [-0.1, -0.05) is 30.1 Å². The lowest BCUT2D eigenvalue weighted by Gasteiger charge is -2.20. The van der Waals surface area contributed by atoms with Gasteiger partial charge in [-0.25, -0.2) is 9.69 Å². The monoisotopic (exact) mass is 286 g/mol. The lowest BCUT2D eigenvalue weighted by molar-refractivity contribution is -0.121. The van der Waals surface area contributed by atoms with Crippen LogP contribution in [0.5, 0.6) is 0 Å². The van der Waals surface area contributed by atoms with Gasteiger partial charge in [0.15, 0.2) is 0 Å². The Balaban J connectivity index is 2.44. The molecular formula is C12H12Cl2N2O2. The van der Waals surface area contributed by atoms with Crippen molar-refractivity contribution >= 4 is 40.8 Å². The normalized spacial score (nSPS) is 20.6. The number of hydrogen-bond donors (Lipinski definition) is 1. The van der Waals surface area contributed by atoms with E-state index in [1.807, 2.05) is 0 Å². The van der Waals surface area contributed by atoms with E-state index in [2.05, 4.69) is 5.32 Å². The number of hydrogen-bond acceptors (Lipinski definition) is 2. The summed E-state index contributed by atoms with van der Waals surface area (Å²) in [7, 11) is 0. The van der Waals surface area contributed by atoms with Gasteiger partial charge in [0.25, 0.3) is 0 Å². The molecule has 18 heavy (non-hydrogen) atoms. The summed E-state index contributed by atoms with van der Waals surface area (Å²) in [5.41, 5.74) is 0.392. The van der Waals surface area contributed by atoms with E-state index >= 15 is 0 Å². The quantitative estimate of drug-likeness (QED) is 0.863. The Kier molecular flexibility index (Phi) is 3.78. The highest BCUT2D eigenvalue weighted by atomic mass is 35.5. The highest BCUT2D eigenvalue weighted by Crippen LogP contribution is 2.27. The van der Waals surface area contributed by atoms with Crippen LogP contribution in [0.25, 0.3) is 0 Å². The van der Waals surface area contributed by atoms with E-state index < -0.39 is 6.03 Å². The first-order valence-electron chi connectivity index (χ1n) is 5.57. The van der Waals surface area contributed by atoms with Gasteiger partial charge in [0.1, 0.15) is 0 Å². The third-order valence-electron chi connectivity index (χ3n) is 2.80. The van der Waals surface area contributed by atoms with Gasteiger partial charge in [0, 0.05) is 22.5 Å². The summed E-state index contributed by atoms with van der Waals surface area (Å²) >= 11 is 11.8. The Morgan fingerprint density at radius 1 is 1.22 bits per heavy atom. The largest absolute Gasteiger partial charge is 0.337 e. The van der Waals surface area contributed by atoms with E-state index in [9.17, 15) is 9.59 Å². The molecular weight excluding hydrogens is 275 g/mol. The molecule has 3 amide bonds. The van der Waals surface area contributed by atoms with Crippen LogP contribution in [-0.4, -0.2) is 18.5 Å². The molecule has 1 atom stereocenters. The van der Waals surface area contributed by atoms with Crippen molar-refractivity contribution in [2.45, 2.75) is 13.3 Å². The summed E-state index contributed by atoms with van der Waals surface area (Å²) in [4.78, 5) is 25.2. The van der Waals surface area contributed by atoms with Crippen LogP contribution < -0.4 is 10.2 Å². The van der Waals surface area contributed by atoms with Crippen molar-refractivity contribution in [3.63, 3.8) is 0 Å². The van der Waals surface area contributed by atoms with E-state index in [-0.39, 0.29) is 11.8 Å². The molecule has 4 nitrogen and oxygen atoms in total. The summed E-state index contributed by atoms with van der Waals surface area (Å²) in [6, 6.07) is 4.20. The lowest BCUT2D eigenvalue weighted by atomic mass is 10.1. The predicted molar refractivity (Wildman–Crippen MR) is 71.1 cm³/mol. The van der Waals surface area contributed by atoms with Crippen LogP contribution in [0.3, 0.4) is 0 Å². The molecule has 0 aromatic heterocycles. The van der Waals surface area contributed by atoms with Crippen molar-refractivity contribution in [2.75, 3.05) is 11.4 Å². The molecule has 1 heterocycles. The second-order valence-corrected chi connectivity index (χ2v) is 5.10. The van der Waals surface area contributed by atoms with Crippen molar-refractivity contribution in [1.29, 1.82) is 0 Å². The molecule has 0 saturated carbocycles. The number of carbonyl (C=O) groups is 2. The molecule has 1 aromatic rings. The number of imide groups is 1. The number of nitrogens with zero attached hydrogens (tertiary/aromatic N) is 1. The van der Waals surface area contributed by atoms with Crippen molar-refractivity contribution in [3.05, 3.63) is 28.2 Å². The van der Waals surface area contributed by atoms with E-state index in [4.69, 9.17) is 23.2 Å². The molecule has 1 saturated heterocycles. The van der Waals surface area contributed by atoms with Crippen LogP contribution in [-0.2, 0) is 4.79 Å². The van der Waals surface area contributed by atoms with Gasteiger partial charge < -0.3 is 5.32 Å². The fourth-order valence-electron chi connectivity index (χ4n) is 1.83. The highest BCUT2D eigenvalue weighted by molar-refractivity contribution is 6.35. The standard InChI is InChI=1S/C12H12Cl2N2O2/c1-7-2-3-15-12(18)16(11(7)17)10-5-8(13)4-9(14)6-10/h4-7H,2-3H2,1H3,(H,15,18). The van der Waals surface area contributed by atoms with E-state index in [1.54, 1.807) is 25.1 Å². The Hall–Kier alpha value is -1.26. The summed E-state index contributed by atoms with van der Waals surface area (Å²) in [5.74, 6) is -0.468. The van der Waals surface area contributed by atoms with Gasteiger partial charge >= 0.3 is 6.03 Å². The summed E-state index contributed by atoms with van der Waals surface area (Å²) in [6.07, 6.45) is 0.620. The molecule has 2 rings (SSSR count). The molecule has 1 aromatic carbocycles. The van der Waals surface area contributed by atoms with Gasteiger partial charge in [-0.2, -0.15) is 0 Å². The topological polar surface area (TPSA) is 49.4 Å². The second kappa shape index (κ2) is 5.16. The van der Waals surface area contributed by atoms with Crippen LogP contribution in [0.2, 0.25) is 10.0 Å². The summed E-state index contributed by atoms with van der Waals surface area (Å²) < 4.78 is 0. The number of nitrogens with one attached hydrogen (secondary N) is 1. The maximum absolute atomic E-state index is 12.2. The molecule has 96 valence electrons. The van der Waals surface area contributed by atoms with Crippen LogP contribution in [0.4, 0.5) is 10.5 Å². The number of rotatable bonds is 1. The lowest BCUT2D eigenvalue weighted by Crippen LogP contribution is -2.42. The molecule has 1 unspecified atom stereocenters. The fourth-order valence-corrected chi connectivity index (χ4v) is 2.35. The smallest absolute Gasteiger partial charge is 0.328 e. The molecule has 1 fully saturated rings. The van der Waals surface area contributed by atoms with Crippen LogP contribution in [0.15, 0.2) is 18.2 Å². The first kappa shape index (κ1) is 13.2. The van der Waals surface area contributed by atoms with Crippen molar-refractivity contribution in [3.8, 4) is 0 Å². The van der Waals surface area contributed by atoms with E-state index in [0.717, 1.165) is 4.90 Å². The Labute approximate surface area is 115 Å². The van der Waals surface area contributed by atoms with Gasteiger partial charge in [-0.3, -0.25) is 4.79 Å². The Morgan fingerprint density at radius 3 is 2.44 bits per heavy atom. The molecule has 1 N–H and O–H groups in total. The van der Waals surface area contributed by atoms with Gasteiger partial charge in [-0.15, -0.1) is 0 Å². The molecule has 1 aliphatic heterocycles. The number of benzene rings is 1. The third kappa shape index (κ3) is 2.60. The third-order valence-corrected chi connectivity index (χ3v) is 3.24. The zero-order valence-corrected chi connectivity index (χ0v) is 11.3. The predicted octanol–water partition coefficient (Wildman–Crippen LogP) is 3.08. The summed E-state index contributed by atoms with van der Waals surface area (Å²) in [6.45, 7) is 2.28. The van der Waals surface area contributed by atoms with Crippen molar-refractivity contribution in [2.24, 2.45) is 5.92 Å². The van der Waals surface area contributed by atoms with Gasteiger partial charge in [0.2, 0.25) is 5.91 Å². The minimum atomic E-state index is -0.442. The zero-order chi connectivity index (χ0) is 13.3. The maximum atomic E-state index is 12.2. The minimum Gasteiger partial charge on any atom is -0.337 e. The van der Waals surface area contributed by atoms with Crippen LogP contribution >= 0.6 is 23.2 Å². The zero-order valence-electron chi connectivity index (χ0n) is 9.74. The summed E-state index contributed by atoms with van der Waals surface area (Å²) in [5, 5.41) is 3.44. The fraction of sp³-hybridized carbons (Fsp3) is 0.333. The number of anilines is 1. The average molecular weight is 287 g/mol. The number of carbonyl (C=O) groups excluding carboxylic acids is 2. The van der Waals surface area contributed by atoms with Gasteiger partial charge in [0.05, 0.1) is 5.69 Å². The highest BCUT2D eigenvalue weighted by Gasteiger charge is 2.30. The SMILES string of the molecule is CC1CCNC(=O)N(c2cc(Cl)cc(Cl)c2)C1=O. The molecule has 1 aliphatic rings. The number of urea groups is 1. The molecule has 0 radical (unpaired) electrons. The van der Waals surface area contributed by atoms with E-state index in [1.165, 1.54) is 0 Å². The van der Waals surface area contributed by atoms with Crippen molar-refractivity contribution < 1.29 is 9.59 Å². The number of halogens is 2. The van der Waals surface area contributed by atoms with Crippen molar-refractivity contribution in [1.82, 2.24) is 5.32 Å². The first-order valence-corrected chi connectivity index (χ1v) is 6.32. The minimum absolute atomic E-state index is 0.221. The Morgan fingerprint density at radius 2 is 1.83 bits per heavy atom. The number of amides is 3. The molecule has 0 bridgehead atoms. The maximum Gasteiger partial charge on any atom is 0.328 e. The van der Waals surface area contributed by atoms with Crippen LogP contribution in [0.1, 0.15) is 13.3 Å². The van der Waals surface area contributed by atoms with Crippen LogP contribution in [0, 0.1) is 5.92 Å². The Bertz CT molecular complexity index is 485. The van der Waals surface area contributed by atoms with E-state index in [0.29, 0.717) is 28.7 Å². The second-order valence-electron chi connectivity index (χ2n) is 4.22. The first-order chi connectivity index (χ1) is 8.49. The molecule has 6 heteroatoms. The molecule has 0 aliphatic carbocycles. The molecule has 0 spiro atoms. The van der Waals surface area contributed by atoms with Gasteiger partial charge in [-0.05, 0) is 24.6 Å². The average Bonchev–Trinajstić information content (AvgIpc) is 2.38.